The molecule has 0 spiro atoms. The van der Waals surface area contributed by atoms with Crippen LogP contribution in [-0.4, -0.2) is 6.61 Å². The molecule has 0 rings (SSSR count). The van der Waals surface area contributed by atoms with E-state index in [9.17, 15) is 8.78 Å². The van der Waals surface area contributed by atoms with Crippen LogP contribution < -0.4 is 0 Å². The Hall–Kier alpha value is -1.12. The van der Waals surface area contributed by atoms with Crippen LogP contribution in [0.3, 0.4) is 0 Å². The van der Waals surface area contributed by atoms with Crippen LogP contribution in [-0.2, 0) is 4.74 Å². The fourth-order valence-electron chi connectivity index (χ4n) is 0.461. The summed E-state index contributed by atoms with van der Waals surface area (Å²) in [5, 5.41) is 0. The van der Waals surface area contributed by atoms with Gasteiger partial charge in [0.15, 0.2) is 0 Å². The van der Waals surface area contributed by atoms with E-state index in [1.807, 2.05) is 13.8 Å². The highest BCUT2D eigenvalue weighted by Gasteiger charge is 2.01. The maximum atomic E-state index is 11.5. The zero-order valence-corrected chi connectivity index (χ0v) is 8.31. The first-order chi connectivity index (χ1) is 6.06. The van der Waals surface area contributed by atoms with Gasteiger partial charge in [0.05, 0.1) is 0 Å². The van der Waals surface area contributed by atoms with E-state index in [1.54, 1.807) is 6.92 Å². The number of hydrogen-bond acceptors (Lipinski definition) is 1. The minimum atomic E-state index is -2.81. The van der Waals surface area contributed by atoms with Gasteiger partial charge in [0.25, 0.3) is 0 Å². The lowest BCUT2D eigenvalue weighted by molar-refractivity contribution is -0.0916. The van der Waals surface area contributed by atoms with Crippen LogP contribution >= 0.6 is 0 Å². The number of ether oxygens (including phenoxy) is 1. The van der Waals surface area contributed by atoms with E-state index in [0.717, 1.165) is 5.57 Å². The van der Waals surface area contributed by atoms with Gasteiger partial charge < -0.3 is 4.74 Å². The quantitative estimate of drug-likeness (QED) is 0.482. The van der Waals surface area contributed by atoms with Crippen molar-refractivity contribution in [1.82, 2.24) is 0 Å². The van der Waals surface area contributed by atoms with Gasteiger partial charge >= 0.3 is 6.61 Å². The maximum Gasteiger partial charge on any atom is 0.387 e. The van der Waals surface area contributed by atoms with Gasteiger partial charge in [-0.25, -0.2) is 0 Å². The highest BCUT2D eigenvalue weighted by Crippen LogP contribution is 2.07. The third kappa shape index (κ3) is 10.9. The molecule has 0 aliphatic carbocycles. The highest BCUT2D eigenvalue weighted by molar-refractivity contribution is 5.21. The van der Waals surface area contributed by atoms with Crippen LogP contribution in [0, 0.1) is 0 Å². The molecule has 0 aliphatic heterocycles. The predicted octanol–water partition coefficient (Wildman–Crippen LogP) is 3.90. The Morgan fingerprint density at radius 1 is 1.38 bits per heavy atom. The number of alkyl halides is 2. The molecular weight excluding hydrogens is 174 g/mol. The number of halogens is 2. The van der Waals surface area contributed by atoms with E-state index in [0.29, 0.717) is 0 Å². The first kappa shape index (κ1) is 14.4. The van der Waals surface area contributed by atoms with Gasteiger partial charge in [0.2, 0.25) is 0 Å². The molecular formula is C10H16F2O. The standard InChI is InChI=1S/C8H10F2O.C2H6/c1-4-6(2)5-7(3)11-8(9)10;1-2/h4-5,8H,1,3H2,2H3;1-2H3/b6-5-;. The Morgan fingerprint density at radius 2 is 1.85 bits per heavy atom. The summed E-state index contributed by atoms with van der Waals surface area (Å²) in [5.74, 6) is -0.0580. The molecule has 0 unspecified atom stereocenters. The summed E-state index contributed by atoms with van der Waals surface area (Å²) in [6.07, 6.45) is 2.92. The second kappa shape index (κ2) is 8.97. The Kier molecular flexibility index (Phi) is 9.94. The van der Waals surface area contributed by atoms with Gasteiger partial charge in [0.1, 0.15) is 5.76 Å². The summed E-state index contributed by atoms with van der Waals surface area (Å²) in [6.45, 7) is 9.60. The van der Waals surface area contributed by atoms with E-state index in [1.165, 1.54) is 12.2 Å². The molecule has 0 amide bonds. The van der Waals surface area contributed by atoms with Gasteiger partial charge in [-0.1, -0.05) is 33.1 Å². The fourth-order valence-corrected chi connectivity index (χ4v) is 0.461. The van der Waals surface area contributed by atoms with Crippen molar-refractivity contribution in [2.45, 2.75) is 27.4 Å². The zero-order valence-electron chi connectivity index (χ0n) is 8.31. The normalized spacial score (nSPS) is 10.2. The van der Waals surface area contributed by atoms with Gasteiger partial charge in [-0.2, -0.15) is 8.78 Å². The van der Waals surface area contributed by atoms with E-state index in [-0.39, 0.29) is 5.76 Å². The molecule has 0 radical (unpaired) electrons. The molecule has 0 bridgehead atoms. The number of rotatable bonds is 4. The molecule has 0 heterocycles. The lowest BCUT2D eigenvalue weighted by atomic mass is 10.3. The molecule has 0 fully saturated rings. The molecule has 13 heavy (non-hydrogen) atoms. The van der Waals surface area contributed by atoms with E-state index in [2.05, 4.69) is 17.9 Å². The molecule has 3 heteroatoms. The van der Waals surface area contributed by atoms with Gasteiger partial charge in [-0.3, -0.25) is 0 Å². The summed E-state index contributed by atoms with van der Waals surface area (Å²) >= 11 is 0. The molecule has 0 aliphatic rings. The molecule has 1 nitrogen and oxygen atoms in total. The maximum absolute atomic E-state index is 11.5. The van der Waals surface area contributed by atoms with Crippen molar-refractivity contribution >= 4 is 0 Å². The summed E-state index contributed by atoms with van der Waals surface area (Å²) in [6, 6.07) is 0. The fraction of sp³-hybridized carbons (Fsp3) is 0.400. The number of hydrogen-bond donors (Lipinski definition) is 0. The average Bonchev–Trinajstić information content (AvgIpc) is 2.06. The Labute approximate surface area is 78.4 Å². The summed E-state index contributed by atoms with van der Waals surface area (Å²) < 4.78 is 27.0. The molecule has 0 saturated heterocycles. The van der Waals surface area contributed by atoms with Crippen LogP contribution in [0.2, 0.25) is 0 Å². The van der Waals surface area contributed by atoms with Gasteiger partial charge in [-0.05, 0) is 18.6 Å². The predicted molar refractivity (Wildman–Crippen MR) is 51.5 cm³/mol. The second-order valence-corrected chi connectivity index (χ2v) is 1.94. The Morgan fingerprint density at radius 3 is 2.15 bits per heavy atom. The van der Waals surface area contributed by atoms with Crippen molar-refractivity contribution in [2.24, 2.45) is 0 Å². The average molecular weight is 190 g/mol. The van der Waals surface area contributed by atoms with Crippen LogP contribution in [0.5, 0.6) is 0 Å². The van der Waals surface area contributed by atoms with Gasteiger partial charge in [0, 0.05) is 0 Å². The van der Waals surface area contributed by atoms with Crippen molar-refractivity contribution in [3.05, 3.63) is 36.6 Å². The van der Waals surface area contributed by atoms with E-state index < -0.39 is 6.61 Å². The van der Waals surface area contributed by atoms with Crippen LogP contribution in [0.4, 0.5) is 8.78 Å². The Balaban J connectivity index is 0. The minimum Gasteiger partial charge on any atom is -0.435 e. The highest BCUT2D eigenvalue weighted by atomic mass is 19.3. The van der Waals surface area contributed by atoms with Crippen molar-refractivity contribution in [2.75, 3.05) is 0 Å². The van der Waals surface area contributed by atoms with E-state index >= 15 is 0 Å². The van der Waals surface area contributed by atoms with Gasteiger partial charge in [-0.15, -0.1) is 0 Å². The summed E-state index contributed by atoms with van der Waals surface area (Å²) in [4.78, 5) is 0. The summed E-state index contributed by atoms with van der Waals surface area (Å²) in [7, 11) is 0. The molecule has 0 aromatic rings. The first-order valence-corrected chi connectivity index (χ1v) is 4.00. The second-order valence-electron chi connectivity index (χ2n) is 1.94. The van der Waals surface area contributed by atoms with Crippen LogP contribution in [0.1, 0.15) is 20.8 Å². The molecule has 0 saturated carbocycles. The van der Waals surface area contributed by atoms with E-state index in [4.69, 9.17) is 0 Å². The lowest BCUT2D eigenvalue weighted by Crippen LogP contribution is -1.95. The molecule has 0 aromatic heterocycles. The van der Waals surface area contributed by atoms with Crippen molar-refractivity contribution in [1.29, 1.82) is 0 Å². The van der Waals surface area contributed by atoms with Crippen LogP contribution in [0.15, 0.2) is 36.6 Å². The third-order valence-corrected chi connectivity index (χ3v) is 0.951. The topological polar surface area (TPSA) is 9.23 Å². The molecule has 76 valence electrons. The molecule has 0 N–H and O–H groups in total. The Bertz CT molecular complexity index is 183. The molecule has 0 aromatic carbocycles. The third-order valence-electron chi connectivity index (χ3n) is 0.951. The smallest absolute Gasteiger partial charge is 0.387 e. The lowest BCUT2D eigenvalue weighted by Gasteiger charge is -2.02. The monoisotopic (exact) mass is 190 g/mol. The minimum absolute atomic E-state index is 0.0580. The number of allylic oxidation sites excluding steroid dienone is 3. The molecule has 0 atom stereocenters. The van der Waals surface area contributed by atoms with Crippen molar-refractivity contribution < 1.29 is 13.5 Å². The zero-order chi connectivity index (χ0) is 10.9. The largest absolute Gasteiger partial charge is 0.435 e. The van der Waals surface area contributed by atoms with Crippen molar-refractivity contribution in [3.8, 4) is 0 Å². The van der Waals surface area contributed by atoms with Crippen LogP contribution in [0.25, 0.3) is 0 Å². The van der Waals surface area contributed by atoms with Crippen molar-refractivity contribution in [3.63, 3.8) is 0 Å². The SMILES string of the molecule is C=C/C(C)=C\C(=C)OC(F)F.CC. The first-order valence-electron chi connectivity index (χ1n) is 4.00. The summed E-state index contributed by atoms with van der Waals surface area (Å²) in [5.41, 5.74) is 0.732.